The second-order valence-electron chi connectivity index (χ2n) is 4.76. The molecule has 0 amide bonds. The monoisotopic (exact) mass is 209 g/mol. The highest BCUT2D eigenvalue weighted by atomic mass is 35.5. The van der Waals surface area contributed by atoms with Gasteiger partial charge in [-0.25, -0.2) is 0 Å². The molecule has 1 aromatic rings. The Balaban J connectivity index is 2.44. The van der Waals surface area contributed by atoms with E-state index in [1.807, 2.05) is 18.2 Å². The highest BCUT2D eigenvalue weighted by molar-refractivity contribution is 6.31. The lowest BCUT2D eigenvalue weighted by Crippen LogP contribution is -2.43. The molecule has 0 spiro atoms. The van der Waals surface area contributed by atoms with Gasteiger partial charge in [-0.2, -0.15) is 0 Å². The maximum Gasteiger partial charge on any atom is 0.0444 e. The van der Waals surface area contributed by atoms with E-state index >= 15 is 0 Å². The molecule has 0 saturated heterocycles. The standard InChI is InChI=1S/C12H16ClN/c1-11(2,12(14)7-8-12)9-5-3-4-6-10(9)13/h3-6H,7-8,14H2,1-2H3. The van der Waals surface area contributed by atoms with Crippen LogP contribution in [0.3, 0.4) is 0 Å². The molecule has 0 heterocycles. The Bertz CT molecular complexity index is 353. The van der Waals surface area contributed by atoms with Crippen LogP contribution in [0.2, 0.25) is 5.02 Å². The first kappa shape index (κ1) is 10.0. The average molecular weight is 210 g/mol. The molecule has 2 rings (SSSR count). The predicted molar refractivity (Wildman–Crippen MR) is 60.6 cm³/mol. The summed E-state index contributed by atoms with van der Waals surface area (Å²) in [5, 5.41) is 0.828. The zero-order valence-corrected chi connectivity index (χ0v) is 9.43. The van der Waals surface area contributed by atoms with Crippen LogP contribution < -0.4 is 5.73 Å². The largest absolute Gasteiger partial charge is 0.324 e. The van der Waals surface area contributed by atoms with Crippen LogP contribution in [0.4, 0.5) is 0 Å². The van der Waals surface area contributed by atoms with Gasteiger partial charge in [0.15, 0.2) is 0 Å². The van der Waals surface area contributed by atoms with E-state index in [1.165, 1.54) is 5.56 Å². The van der Waals surface area contributed by atoms with E-state index < -0.39 is 0 Å². The highest BCUT2D eigenvalue weighted by Gasteiger charge is 2.52. The molecule has 1 nitrogen and oxygen atoms in total. The third-order valence-electron chi connectivity index (χ3n) is 3.58. The van der Waals surface area contributed by atoms with E-state index in [-0.39, 0.29) is 11.0 Å². The minimum Gasteiger partial charge on any atom is -0.324 e. The van der Waals surface area contributed by atoms with Gasteiger partial charge in [0.2, 0.25) is 0 Å². The van der Waals surface area contributed by atoms with Gasteiger partial charge in [-0.05, 0) is 24.5 Å². The van der Waals surface area contributed by atoms with Crippen molar-refractivity contribution in [3.8, 4) is 0 Å². The Morgan fingerprint density at radius 3 is 2.36 bits per heavy atom. The summed E-state index contributed by atoms with van der Waals surface area (Å²) in [5.41, 5.74) is 7.37. The van der Waals surface area contributed by atoms with Gasteiger partial charge in [-0.1, -0.05) is 43.6 Å². The van der Waals surface area contributed by atoms with E-state index in [0.717, 1.165) is 17.9 Å². The lowest BCUT2D eigenvalue weighted by Gasteiger charge is -2.33. The van der Waals surface area contributed by atoms with Gasteiger partial charge >= 0.3 is 0 Å². The molecule has 0 atom stereocenters. The molecule has 1 aromatic carbocycles. The third-order valence-corrected chi connectivity index (χ3v) is 3.91. The number of benzene rings is 1. The van der Waals surface area contributed by atoms with Crippen LogP contribution in [0.1, 0.15) is 32.3 Å². The molecule has 0 radical (unpaired) electrons. The number of halogens is 1. The normalized spacial score (nSPS) is 19.4. The van der Waals surface area contributed by atoms with Crippen molar-refractivity contribution in [2.24, 2.45) is 5.73 Å². The van der Waals surface area contributed by atoms with E-state index in [0.29, 0.717) is 0 Å². The molecule has 76 valence electrons. The molecule has 2 heteroatoms. The lowest BCUT2D eigenvalue weighted by molar-refractivity contribution is 0.391. The number of hydrogen-bond donors (Lipinski definition) is 1. The number of rotatable bonds is 2. The fourth-order valence-electron chi connectivity index (χ4n) is 2.00. The topological polar surface area (TPSA) is 26.0 Å². The molecule has 0 unspecified atom stereocenters. The summed E-state index contributed by atoms with van der Waals surface area (Å²) in [4.78, 5) is 0. The van der Waals surface area contributed by atoms with Gasteiger partial charge in [-0.3, -0.25) is 0 Å². The van der Waals surface area contributed by atoms with Crippen molar-refractivity contribution >= 4 is 11.6 Å². The van der Waals surface area contributed by atoms with Gasteiger partial charge < -0.3 is 5.73 Å². The van der Waals surface area contributed by atoms with Crippen LogP contribution in [0, 0.1) is 0 Å². The van der Waals surface area contributed by atoms with Crippen LogP contribution in [0.15, 0.2) is 24.3 Å². The molecular formula is C12H16ClN. The van der Waals surface area contributed by atoms with E-state index in [9.17, 15) is 0 Å². The summed E-state index contributed by atoms with van der Waals surface area (Å²) in [6.07, 6.45) is 2.20. The van der Waals surface area contributed by atoms with Crippen LogP contribution in [-0.2, 0) is 5.41 Å². The average Bonchev–Trinajstić information content (AvgIpc) is 2.86. The fourth-order valence-corrected chi connectivity index (χ4v) is 2.37. The van der Waals surface area contributed by atoms with Crippen molar-refractivity contribution in [3.05, 3.63) is 34.9 Å². The summed E-state index contributed by atoms with van der Waals surface area (Å²) >= 11 is 6.19. The van der Waals surface area contributed by atoms with Crippen molar-refractivity contribution in [3.63, 3.8) is 0 Å². The smallest absolute Gasteiger partial charge is 0.0444 e. The molecule has 0 bridgehead atoms. The number of hydrogen-bond acceptors (Lipinski definition) is 1. The summed E-state index contributed by atoms with van der Waals surface area (Å²) in [5.74, 6) is 0. The Labute approximate surface area is 90.3 Å². The fraction of sp³-hybridized carbons (Fsp3) is 0.500. The summed E-state index contributed by atoms with van der Waals surface area (Å²) in [6.45, 7) is 4.36. The van der Waals surface area contributed by atoms with Gasteiger partial charge in [0, 0.05) is 16.0 Å². The second-order valence-corrected chi connectivity index (χ2v) is 5.17. The first-order valence-corrected chi connectivity index (χ1v) is 5.39. The summed E-state index contributed by atoms with van der Waals surface area (Å²) < 4.78 is 0. The first-order valence-electron chi connectivity index (χ1n) is 5.01. The zero-order chi connectivity index (χ0) is 10.4. The second kappa shape index (κ2) is 2.98. The van der Waals surface area contributed by atoms with Crippen LogP contribution in [0.5, 0.6) is 0 Å². The van der Waals surface area contributed by atoms with E-state index in [4.69, 9.17) is 17.3 Å². The first-order chi connectivity index (χ1) is 6.47. The third kappa shape index (κ3) is 1.35. The van der Waals surface area contributed by atoms with Gasteiger partial charge in [0.05, 0.1) is 0 Å². The SMILES string of the molecule is CC(C)(c1ccccc1Cl)C1(N)CC1. The lowest BCUT2D eigenvalue weighted by atomic mass is 9.76. The molecule has 1 fully saturated rings. The van der Waals surface area contributed by atoms with Crippen LogP contribution >= 0.6 is 11.6 Å². The van der Waals surface area contributed by atoms with Gasteiger partial charge in [-0.15, -0.1) is 0 Å². The molecule has 14 heavy (non-hydrogen) atoms. The van der Waals surface area contributed by atoms with E-state index in [1.54, 1.807) is 0 Å². The Kier molecular flexibility index (Phi) is 2.13. The minimum atomic E-state index is -0.0437. The molecule has 1 aliphatic rings. The molecule has 0 aliphatic heterocycles. The van der Waals surface area contributed by atoms with Crippen molar-refractivity contribution in [2.75, 3.05) is 0 Å². The van der Waals surface area contributed by atoms with Crippen molar-refractivity contribution < 1.29 is 0 Å². The van der Waals surface area contributed by atoms with Crippen molar-refractivity contribution in [2.45, 2.75) is 37.6 Å². The van der Waals surface area contributed by atoms with Crippen LogP contribution in [-0.4, -0.2) is 5.54 Å². The predicted octanol–water partition coefficient (Wildman–Crippen LogP) is 3.11. The van der Waals surface area contributed by atoms with Gasteiger partial charge in [0.1, 0.15) is 0 Å². The Hall–Kier alpha value is -0.530. The minimum absolute atomic E-state index is 0.0225. The Morgan fingerprint density at radius 2 is 1.86 bits per heavy atom. The van der Waals surface area contributed by atoms with Crippen LogP contribution in [0.25, 0.3) is 0 Å². The molecule has 1 saturated carbocycles. The zero-order valence-electron chi connectivity index (χ0n) is 8.68. The van der Waals surface area contributed by atoms with Crippen molar-refractivity contribution in [1.82, 2.24) is 0 Å². The van der Waals surface area contributed by atoms with Gasteiger partial charge in [0.25, 0.3) is 0 Å². The molecule has 2 N–H and O–H groups in total. The summed E-state index contributed by atoms with van der Waals surface area (Å²) in [7, 11) is 0. The molecule has 0 aromatic heterocycles. The summed E-state index contributed by atoms with van der Waals surface area (Å²) in [6, 6.07) is 7.99. The quantitative estimate of drug-likeness (QED) is 0.796. The molecule has 1 aliphatic carbocycles. The maximum absolute atomic E-state index is 6.27. The number of nitrogens with two attached hydrogens (primary N) is 1. The van der Waals surface area contributed by atoms with E-state index in [2.05, 4.69) is 19.9 Å². The highest BCUT2D eigenvalue weighted by Crippen LogP contribution is 2.50. The molecular weight excluding hydrogens is 194 g/mol. The van der Waals surface area contributed by atoms with Crippen molar-refractivity contribution in [1.29, 1.82) is 0 Å². The maximum atomic E-state index is 6.27. The Morgan fingerprint density at radius 1 is 1.29 bits per heavy atom.